The second-order valence-electron chi connectivity index (χ2n) is 4.63. The average Bonchev–Trinajstić information content (AvgIpc) is 2.39. The maximum atomic E-state index is 12.5. The van der Waals surface area contributed by atoms with Crippen LogP contribution in [0.25, 0.3) is 0 Å². The van der Waals surface area contributed by atoms with Crippen LogP contribution in [-0.4, -0.2) is 45.0 Å². The molecule has 1 fully saturated rings. The normalized spacial score (nSPS) is 21.3. The molecule has 1 aliphatic heterocycles. The smallest absolute Gasteiger partial charge is 0.243 e. The van der Waals surface area contributed by atoms with Gasteiger partial charge in [-0.1, -0.05) is 6.07 Å². The van der Waals surface area contributed by atoms with Gasteiger partial charge in [-0.3, -0.25) is 0 Å². The number of hydrogen-bond acceptors (Lipinski definition) is 4. The van der Waals surface area contributed by atoms with Gasteiger partial charge in [-0.15, -0.1) is 0 Å². The summed E-state index contributed by atoms with van der Waals surface area (Å²) < 4.78 is 31.9. The van der Waals surface area contributed by atoms with E-state index in [2.05, 4.69) is 5.32 Å². The first-order valence-electron chi connectivity index (χ1n) is 6.50. The number of nitrogens with zero attached hydrogens (tertiary/aromatic N) is 1. The number of ether oxygens (including phenoxy) is 1. The largest absolute Gasteiger partial charge is 0.494 e. The molecule has 0 amide bonds. The molecular weight excluding hydrogens is 264 g/mol. The number of hydrogen-bond donors (Lipinski definition) is 1. The second-order valence-corrected chi connectivity index (χ2v) is 6.56. The van der Waals surface area contributed by atoms with Crippen molar-refractivity contribution < 1.29 is 13.2 Å². The highest BCUT2D eigenvalue weighted by molar-refractivity contribution is 7.89. The van der Waals surface area contributed by atoms with Gasteiger partial charge in [0.2, 0.25) is 10.0 Å². The molecule has 0 radical (unpaired) electrons. The van der Waals surface area contributed by atoms with Crippen LogP contribution in [0.2, 0.25) is 0 Å². The Bertz CT molecular complexity index is 530. The molecule has 0 bridgehead atoms. The molecule has 1 aromatic rings. The third-order valence-electron chi connectivity index (χ3n) is 3.09. The molecule has 6 heteroatoms. The lowest BCUT2D eigenvalue weighted by atomic mass is 10.3. The Kier molecular flexibility index (Phi) is 4.44. The minimum Gasteiger partial charge on any atom is -0.494 e. The van der Waals surface area contributed by atoms with Gasteiger partial charge in [0.05, 0.1) is 11.5 Å². The topological polar surface area (TPSA) is 58.6 Å². The van der Waals surface area contributed by atoms with Crippen molar-refractivity contribution in [1.82, 2.24) is 9.62 Å². The number of benzene rings is 1. The van der Waals surface area contributed by atoms with Gasteiger partial charge in [-0.2, -0.15) is 4.31 Å². The second kappa shape index (κ2) is 5.90. The van der Waals surface area contributed by atoms with E-state index in [-0.39, 0.29) is 6.04 Å². The lowest BCUT2D eigenvalue weighted by Gasteiger charge is -2.31. The highest BCUT2D eigenvalue weighted by Crippen LogP contribution is 2.21. The standard InChI is InChI=1S/C13H20N2O3S/c1-3-18-12-5-4-6-13(9-12)19(16,17)15-8-7-14-11(2)10-15/h4-6,9,11,14H,3,7-8,10H2,1-2H3/t11-/m1/s1. The van der Waals surface area contributed by atoms with Gasteiger partial charge in [0.25, 0.3) is 0 Å². The summed E-state index contributed by atoms with van der Waals surface area (Å²) in [6, 6.07) is 6.86. The number of nitrogens with one attached hydrogen (secondary N) is 1. The highest BCUT2D eigenvalue weighted by Gasteiger charge is 2.28. The first-order chi connectivity index (χ1) is 9.04. The van der Waals surface area contributed by atoms with Gasteiger partial charge in [-0.05, 0) is 26.0 Å². The Morgan fingerprint density at radius 2 is 2.26 bits per heavy atom. The van der Waals surface area contributed by atoms with E-state index in [0.29, 0.717) is 36.9 Å². The monoisotopic (exact) mass is 284 g/mol. The minimum absolute atomic E-state index is 0.179. The predicted octanol–water partition coefficient (Wildman–Crippen LogP) is 1.07. The molecule has 1 atom stereocenters. The van der Waals surface area contributed by atoms with Gasteiger partial charge in [0.15, 0.2) is 0 Å². The van der Waals surface area contributed by atoms with E-state index in [1.54, 1.807) is 24.3 Å². The number of rotatable bonds is 4. The van der Waals surface area contributed by atoms with Crippen molar-refractivity contribution in [2.75, 3.05) is 26.2 Å². The van der Waals surface area contributed by atoms with E-state index >= 15 is 0 Å². The van der Waals surface area contributed by atoms with E-state index in [0.717, 1.165) is 0 Å². The van der Waals surface area contributed by atoms with E-state index < -0.39 is 10.0 Å². The molecule has 2 rings (SSSR count). The van der Waals surface area contributed by atoms with E-state index in [1.165, 1.54) is 4.31 Å². The molecule has 5 nitrogen and oxygen atoms in total. The summed E-state index contributed by atoms with van der Waals surface area (Å²) >= 11 is 0. The molecular formula is C13H20N2O3S. The molecule has 1 N–H and O–H groups in total. The molecule has 1 saturated heterocycles. The van der Waals surface area contributed by atoms with Crippen LogP contribution in [-0.2, 0) is 10.0 Å². The summed E-state index contributed by atoms with van der Waals surface area (Å²) in [5.41, 5.74) is 0. The van der Waals surface area contributed by atoms with E-state index in [9.17, 15) is 8.42 Å². The zero-order valence-corrected chi connectivity index (χ0v) is 12.1. The maximum Gasteiger partial charge on any atom is 0.243 e. The van der Waals surface area contributed by atoms with Crippen molar-refractivity contribution in [3.8, 4) is 5.75 Å². The fourth-order valence-corrected chi connectivity index (χ4v) is 3.72. The fourth-order valence-electron chi connectivity index (χ4n) is 2.16. The summed E-state index contributed by atoms with van der Waals surface area (Å²) in [5, 5.41) is 3.24. The first kappa shape index (κ1) is 14.3. The van der Waals surface area contributed by atoms with Crippen LogP contribution in [0.4, 0.5) is 0 Å². The number of sulfonamides is 1. The van der Waals surface area contributed by atoms with Gasteiger partial charge >= 0.3 is 0 Å². The van der Waals surface area contributed by atoms with E-state index in [1.807, 2.05) is 13.8 Å². The Morgan fingerprint density at radius 3 is 2.95 bits per heavy atom. The van der Waals surface area contributed by atoms with Crippen molar-refractivity contribution in [2.45, 2.75) is 24.8 Å². The molecule has 1 aromatic carbocycles. The van der Waals surface area contributed by atoms with Gasteiger partial charge < -0.3 is 10.1 Å². The van der Waals surface area contributed by atoms with Crippen molar-refractivity contribution in [3.63, 3.8) is 0 Å². The highest BCUT2D eigenvalue weighted by atomic mass is 32.2. The minimum atomic E-state index is -3.42. The molecule has 106 valence electrons. The summed E-state index contributed by atoms with van der Waals surface area (Å²) in [4.78, 5) is 0.299. The average molecular weight is 284 g/mol. The first-order valence-corrected chi connectivity index (χ1v) is 7.94. The summed E-state index contributed by atoms with van der Waals surface area (Å²) in [6.45, 7) is 6.07. The van der Waals surface area contributed by atoms with E-state index in [4.69, 9.17) is 4.74 Å². The molecule has 1 heterocycles. The fraction of sp³-hybridized carbons (Fsp3) is 0.538. The Balaban J connectivity index is 2.25. The zero-order chi connectivity index (χ0) is 13.9. The maximum absolute atomic E-state index is 12.5. The summed E-state index contributed by atoms with van der Waals surface area (Å²) in [6.07, 6.45) is 0. The molecule has 1 aliphatic rings. The lowest BCUT2D eigenvalue weighted by Crippen LogP contribution is -2.51. The Labute approximate surface area is 114 Å². The van der Waals surface area contributed by atoms with Gasteiger partial charge in [0.1, 0.15) is 5.75 Å². The summed E-state index contributed by atoms with van der Waals surface area (Å²) in [7, 11) is -3.42. The molecule has 0 saturated carbocycles. The molecule has 0 aliphatic carbocycles. The Hall–Kier alpha value is -1.11. The van der Waals surface area contributed by atoms with Crippen molar-refractivity contribution in [1.29, 1.82) is 0 Å². The third kappa shape index (κ3) is 3.26. The van der Waals surface area contributed by atoms with Crippen molar-refractivity contribution in [3.05, 3.63) is 24.3 Å². The van der Waals surface area contributed by atoms with Gasteiger partial charge in [0, 0.05) is 31.7 Å². The molecule has 0 unspecified atom stereocenters. The molecule has 0 spiro atoms. The van der Waals surface area contributed by atoms with Crippen LogP contribution in [0.3, 0.4) is 0 Å². The van der Waals surface area contributed by atoms with Crippen LogP contribution in [0.1, 0.15) is 13.8 Å². The van der Waals surface area contributed by atoms with Crippen LogP contribution in [0.5, 0.6) is 5.75 Å². The van der Waals surface area contributed by atoms with Crippen molar-refractivity contribution in [2.24, 2.45) is 0 Å². The SMILES string of the molecule is CCOc1cccc(S(=O)(=O)N2CCN[C@H](C)C2)c1. The number of piperazine rings is 1. The van der Waals surface area contributed by atoms with Crippen molar-refractivity contribution >= 4 is 10.0 Å². The third-order valence-corrected chi connectivity index (χ3v) is 4.95. The van der Waals surface area contributed by atoms with Crippen LogP contribution < -0.4 is 10.1 Å². The quantitative estimate of drug-likeness (QED) is 0.898. The Morgan fingerprint density at radius 1 is 1.47 bits per heavy atom. The summed E-state index contributed by atoms with van der Waals surface area (Å²) in [5.74, 6) is 0.590. The van der Waals surface area contributed by atoms with Gasteiger partial charge in [-0.25, -0.2) is 8.42 Å². The van der Waals surface area contributed by atoms with Crippen LogP contribution >= 0.6 is 0 Å². The lowest BCUT2D eigenvalue weighted by molar-refractivity contribution is 0.309. The molecule has 0 aromatic heterocycles. The van der Waals surface area contributed by atoms with Crippen LogP contribution in [0.15, 0.2) is 29.2 Å². The molecule has 19 heavy (non-hydrogen) atoms. The van der Waals surface area contributed by atoms with Crippen LogP contribution in [0, 0.1) is 0 Å². The predicted molar refractivity (Wildman–Crippen MR) is 73.8 cm³/mol. The zero-order valence-electron chi connectivity index (χ0n) is 11.3.